The predicted molar refractivity (Wildman–Crippen MR) is 56.4 cm³/mol. The number of hydrogen-bond donors (Lipinski definition) is 2. The number of phenolic OH excluding ortho intramolecular Hbond substituents is 1. The van der Waals surface area contributed by atoms with Gasteiger partial charge in [0, 0.05) is 6.04 Å². The van der Waals surface area contributed by atoms with Crippen molar-refractivity contribution in [1.82, 2.24) is 0 Å². The fourth-order valence-electron chi connectivity index (χ4n) is 1.30. The Kier molecular flexibility index (Phi) is 3.36. The lowest BCUT2D eigenvalue weighted by molar-refractivity contribution is 0.372. The molecule has 0 amide bonds. The third kappa shape index (κ3) is 2.17. The van der Waals surface area contributed by atoms with Gasteiger partial charge in [-0.1, -0.05) is 19.9 Å². The highest BCUT2D eigenvalue weighted by molar-refractivity contribution is 5.42. The summed E-state index contributed by atoms with van der Waals surface area (Å²) in [5, 5.41) is 9.54. The normalized spacial score (nSPS) is 12.9. The molecule has 0 aliphatic heterocycles. The van der Waals surface area contributed by atoms with E-state index >= 15 is 0 Å². The summed E-state index contributed by atoms with van der Waals surface area (Å²) in [4.78, 5) is 0. The van der Waals surface area contributed by atoms with Crippen molar-refractivity contribution in [2.24, 2.45) is 11.7 Å². The van der Waals surface area contributed by atoms with Gasteiger partial charge in [0.15, 0.2) is 11.5 Å². The lowest BCUT2D eigenvalue weighted by Crippen LogP contribution is -2.16. The lowest BCUT2D eigenvalue weighted by atomic mass is 9.97. The molecule has 0 aliphatic carbocycles. The van der Waals surface area contributed by atoms with Crippen LogP contribution >= 0.6 is 0 Å². The van der Waals surface area contributed by atoms with Gasteiger partial charge in [-0.3, -0.25) is 0 Å². The van der Waals surface area contributed by atoms with Crippen LogP contribution in [0.1, 0.15) is 25.5 Å². The second-order valence-electron chi connectivity index (χ2n) is 3.70. The number of nitrogens with two attached hydrogens (primary N) is 1. The van der Waals surface area contributed by atoms with Crippen molar-refractivity contribution in [3.63, 3.8) is 0 Å². The molecule has 0 saturated heterocycles. The van der Waals surface area contributed by atoms with Crippen LogP contribution in [-0.4, -0.2) is 12.2 Å². The van der Waals surface area contributed by atoms with E-state index in [0.717, 1.165) is 5.56 Å². The van der Waals surface area contributed by atoms with Crippen LogP contribution in [-0.2, 0) is 0 Å². The molecular formula is C11H17NO2. The van der Waals surface area contributed by atoms with Crippen molar-refractivity contribution >= 4 is 0 Å². The quantitative estimate of drug-likeness (QED) is 0.776. The van der Waals surface area contributed by atoms with Crippen LogP contribution in [0.4, 0.5) is 0 Å². The molecule has 0 radical (unpaired) electrons. The molecule has 1 aromatic carbocycles. The molecule has 0 saturated carbocycles. The first-order valence-electron chi connectivity index (χ1n) is 4.68. The molecule has 1 rings (SSSR count). The smallest absolute Gasteiger partial charge is 0.160 e. The third-order valence-corrected chi connectivity index (χ3v) is 2.31. The molecule has 0 aromatic heterocycles. The summed E-state index contributed by atoms with van der Waals surface area (Å²) >= 11 is 0. The number of phenols is 1. The molecule has 1 atom stereocenters. The van der Waals surface area contributed by atoms with Gasteiger partial charge in [-0.15, -0.1) is 0 Å². The number of benzene rings is 1. The average molecular weight is 195 g/mol. The van der Waals surface area contributed by atoms with Crippen LogP contribution < -0.4 is 10.5 Å². The maximum atomic E-state index is 9.54. The van der Waals surface area contributed by atoms with Gasteiger partial charge < -0.3 is 15.6 Å². The highest BCUT2D eigenvalue weighted by atomic mass is 16.5. The Hall–Kier alpha value is -1.22. The van der Waals surface area contributed by atoms with E-state index in [1.807, 2.05) is 19.9 Å². The van der Waals surface area contributed by atoms with E-state index in [1.165, 1.54) is 7.11 Å². The summed E-state index contributed by atoms with van der Waals surface area (Å²) in [5.74, 6) is 0.966. The number of ether oxygens (including phenoxy) is 1. The maximum absolute atomic E-state index is 9.54. The van der Waals surface area contributed by atoms with Gasteiger partial charge >= 0.3 is 0 Å². The Morgan fingerprint density at radius 1 is 1.36 bits per heavy atom. The first-order chi connectivity index (χ1) is 6.56. The molecule has 14 heavy (non-hydrogen) atoms. The Morgan fingerprint density at radius 2 is 2.00 bits per heavy atom. The Morgan fingerprint density at radius 3 is 2.43 bits per heavy atom. The standard InChI is InChI=1S/C11H17NO2/c1-7(2)11(12)8-4-5-10(14-3)9(13)6-8/h4-7,11,13H,12H2,1-3H3/t11-/m0/s1. The Bertz CT molecular complexity index is 310. The number of hydrogen-bond acceptors (Lipinski definition) is 3. The SMILES string of the molecule is COc1ccc([C@@H](N)C(C)C)cc1O. The van der Waals surface area contributed by atoms with Gasteiger partial charge in [-0.25, -0.2) is 0 Å². The fraction of sp³-hybridized carbons (Fsp3) is 0.455. The van der Waals surface area contributed by atoms with Gasteiger partial charge in [-0.05, 0) is 23.6 Å². The van der Waals surface area contributed by atoms with Crippen LogP contribution in [0.5, 0.6) is 11.5 Å². The zero-order valence-electron chi connectivity index (χ0n) is 8.82. The van der Waals surface area contributed by atoms with Gasteiger partial charge in [0.25, 0.3) is 0 Å². The van der Waals surface area contributed by atoms with E-state index < -0.39 is 0 Å². The molecule has 0 unspecified atom stereocenters. The Balaban J connectivity index is 2.96. The molecule has 3 nitrogen and oxygen atoms in total. The van der Waals surface area contributed by atoms with Crippen molar-refractivity contribution in [2.45, 2.75) is 19.9 Å². The molecule has 0 bridgehead atoms. The molecular weight excluding hydrogens is 178 g/mol. The second kappa shape index (κ2) is 4.33. The summed E-state index contributed by atoms with van der Waals surface area (Å²) in [5.41, 5.74) is 6.88. The first-order valence-corrected chi connectivity index (χ1v) is 4.68. The summed E-state index contributed by atoms with van der Waals surface area (Å²) < 4.78 is 4.95. The van der Waals surface area contributed by atoms with Crippen LogP contribution in [0.3, 0.4) is 0 Å². The maximum Gasteiger partial charge on any atom is 0.160 e. The minimum Gasteiger partial charge on any atom is -0.504 e. The minimum atomic E-state index is -0.0493. The third-order valence-electron chi connectivity index (χ3n) is 2.31. The predicted octanol–water partition coefficient (Wildman–Crippen LogP) is 2.06. The van der Waals surface area contributed by atoms with Crippen molar-refractivity contribution in [1.29, 1.82) is 0 Å². The topological polar surface area (TPSA) is 55.5 Å². The molecule has 3 N–H and O–H groups in total. The van der Waals surface area contributed by atoms with Crippen LogP contribution in [0.15, 0.2) is 18.2 Å². The van der Waals surface area contributed by atoms with Crippen LogP contribution in [0.2, 0.25) is 0 Å². The van der Waals surface area contributed by atoms with Crippen LogP contribution in [0, 0.1) is 5.92 Å². The molecule has 1 aromatic rings. The number of aromatic hydroxyl groups is 1. The molecule has 0 spiro atoms. The van der Waals surface area contributed by atoms with Gasteiger partial charge in [0.05, 0.1) is 7.11 Å². The molecule has 0 fully saturated rings. The van der Waals surface area contributed by atoms with Crippen molar-refractivity contribution < 1.29 is 9.84 Å². The van der Waals surface area contributed by atoms with Crippen molar-refractivity contribution in [2.75, 3.05) is 7.11 Å². The van der Waals surface area contributed by atoms with E-state index in [1.54, 1.807) is 12.1 Å². The van der Waals surface area contributed by atoms with Crippen LogP contribution in [0.25, 0.3) is 0 Å². The first kappa shape index (κ1) is 10.9. The Labute approximate surface area is 84.5 Å². The van der Waals surface area contributed by atoms with E-state index in [-0.39, 0.29) is 11.8 Å². The molecule has 0 aliphatic rings. The number of rotatable bonds is 3. The lowest BCUT2D eigenvalue weighted by Gasteiger charge is -2.16. The molecule has 3 heteroatoms. The average Bonchev–Trinajstić information content (AvgIpc) is 2.16. The van der Waals surface area contributed by atoms with Crippen molar-refractivity contribution in [3.8, 4) is 11.5 Å². The van der Waals surface area contributed by atoms with Gasteiger partial charge in [0.2, 0.25) is 0 Å². The van der Waals surface area contributed by atoms with Gasteiger partial charge in [0.1, 0.15) is 0 Å². The minimum absolute atomic E-state index is 0.0493. The summed E-state index contributed by atoms with van der Waals surface area (Å²) in [6.45, 7) is 4.10. The largest absolute Gasteiger partial charge is 0.504 e. The number of methoxy groups -OCH3 is 1. The summed E-state index contributed by atoms with van der Waals surface area (Å²) in [7, 11) is 1.52. The highest BCUT2D eigenvalue weighted by Gasteiger charge is 2.12. The zero-order valence-corrected chi connectivity index (χ0v) is 8.82. The van der Waals surface area contributed by atoms with Gasteiger partial charge in [-0.2, -0.15) is 0 Å². The van der Waals surface area contributed by atoms with E-state index in [4.69, 9.17) is 10.5 Å². The van der Waals surface area contributed by atoms with E-state index in [2.05, 4.69) is 0 Å². The summed E-state index contributed by atoms with van der Waals surface area (Å²) in [6, 6.07) is 5.21. The van der Waals surface area contributed by atoms with E-state index in [0.29, 0.717) is 11.7 Å². The monoisotopic (exact) mass is 195 g/mol. The molecule has 0 heterocycles. The highest BCUT2D eigenvalue weighted by Crippen LogP contribution is 2.30. The van der Waals surface area contributed by atoms with E-state index in [9.17, 15) is 5.11 Å². The summed E-state index contributed by atoms with van der Waals surface area (Å²) in [6.07, 6.45) is 0. The second-order valence-corrected chi connectivity index (χ2v) is 3.70. The zero-order chi connectivity index (χ0) is 10.7. The molecule has 78 valence electrons. The fourth-order valence-corrected chi connectivity index (χ4v) is 1.30. The van der Waals surface area contributed by atoms with Crippen molar-refractivity contribution in [3.05, 3.63) is 23.8 Å².